The number of aliphatic carboxylic acids is 1. The molecule has 1 aliphatic rings. The van der Waals surface area contributed by atoms with Gasteiger partial charge >= 0.3 is 12.0 Å². The summed E-state index contributed by atoms with van der Waals surface area (Å²) in [4.78, 5) is 32.9. The molecule has 0 aromatic rings. The highest BCUT2D eigenvalue weighted by atomic mass is 16.4. The van der Waals surface area contributed by atoms with E-state index < -0.39 is 18.0 Å². The van der Waals surface area contributed by atoms with E-state index in [2.05, 4.69) is 16.0 Å². The lowest BCUT2D eigenvalue weighted by Crippen LogP contribution is -2.49. The number of urea groups is 1. The van der Waals surface area contributed by atoms with Crippen molar-refractivity contribution in [2.24, 2.45) is 0 Å². The first-order chi connectivity index (χ1) is 8.02. The van der Waals surface area contributed by atoms with Crippen LogP contribution < -0.4 is 16.0 Å². The summed E-state index contributed by atoms with van der Waals surface area (Å²) in [7, 11) is 0. The van der Waals surface area contributed by atoms with Gasteiger partial charge in [-0.25, -0.2) is 9.59 Å². The summed E-state index contributed by atoms with van der Waals surface area (Å²) in [5, 5.41) is 24.6. The molecule has 1 saturated heterocycles. The summed E-state index contributed by atoms with van der Waals surface area (Å²) in [5.41, 5.74) is 0. The van der Waals surface area contributed by atoms with Crippen molar-refractivity contribution in [3.8, 4) is 0 Å². The Morgan fingerprint density at radius 1 is 1.53 bits per heavy atom. The van der Waals surface area contributed by atoms with Crippen LogP contribution in [0.25, 0.3) is 0 Å². The fraction of sp³-hybridized carbons (Fsp3) is 0.667. The van der Waals surface area contributed by atoms with Crippen molar-refractivity contribution in [2.45, 2.75) is 24.9 Å². The lowest BCUT2D eigenvalue weighted by atomic mass is 10.2. The third kappa shape index (κ3) is 4.27. The zero-order valence-corrected chi connectivity index (χ0v) is 9.10. The maximum Gasteiger partial charge on any atom is 0.326 e. The Morgan fingerprint density at radius 3 is 2.71 bits per heavy atom. The molecule has 8 heteroatoms. The Labute approximate surface area is 97.4 Å². The summed E-state index contributed by atoms with van der Waals surface area (Å²) in [6, 6.07) is -2.12. The van der Waals surface area contributed by atoms with Crippen molar-refractivity contribution in [3.05, 3.63) is 0 Å². The average molecular weight is 245 g/mol. The van der Waals surface area contributed by atoms with Gasteiger partial charge in [-0.05, 0) is 0 Å². The van der Waals surface area contributed by atoms with Crippen LogP contribution in [0.15, 0.2) is 0 Å². The standard InChI is InChI=1S/C9H15N3O5/c13-2-1-6(8(15)16)12-9(17)11-5-3-7(14)10-4-5/h5-6,13H,1-4H2,(H,10,14)(H,15,16)(H2,11,12,17)/t5?,6-/m1/s1. The van der Waals surface area contributed by atoms with Crippen molar-refractivity contribution in [1.29, 1.82) is 0 Å². The minimum absolute atomic E-state index is 0.0649. The molecular formula is C9H15N3O5. The fourth-order valence-electron chi connectivity index (χ4n) is 1.48. The SMILES string of the molecule is O=C1CC(NC(=O)N[C@H](CCO)C(=O)O)CN1. The van der Waals surface area contributed by atoms with Crippen molar-refractivity contribution < 1.29 is 24.6 Å². The summed E-state index contributed by atoms with van der Waals surface area (Å²) in [5.74, 6) is -1.37. The first kappa shape index (κ1) is 13.2. The van der Waals surface area contributed by atoms with E-state index >= 15 is 0 Å². The molecule has 17 heavy (non-hydrogen) atoms. The summed E-state index contributed by atoms with van der Waals surface area (Å²) in [6.45, 7) is 0.00467. The number of carboxylic acid groups (broad SMARTS) is 1. The van der Waals surface area contributed by atoms with Gasteiger partial charge in [0, 0.05) is 26.0 Å². The van der Waals surface area contributed by atoms with Crippen LogP contribution in [0.3, 0.4) is 0 Å². The van der Waals surface area contributed by atoms with Crippen LogP contribution in [0.2, 0.25) is 0 Å². The average Bonchev–Trinajstić information content (AvgIpc) is 2.63. The molecule has 1 heterocycles. The second-order valence-electron chi connectivity index (χ2n) is 3.73. The topological polar surface area (TPSA) is 128 Å². The van der Waals surface area contributed by atoms with Gasteiger partial charge in [-0.1, -0.05) is 0 Å². The highest BCUT2D eigenvalue weighted by Crippen LogP contribution is 1.99. The molecule has 3 amide bonds. The second kappa shape index (κ2) is 6.04. The number of carbonyl (C=O) groups is 3. The number of hydrogen-bond donors (Lipinski definition) is 5. The Morgan fingerprint density at radius 2 is 2.24 bits per heavy atom. The van der Waals surface area contributed by atoms with Crippen molar-refractivity contribution >= 4 is 17.9 Å². The van der Waals surface area contributed by atoms with Gasteiger partial charge in [0.1, 0.15) is 6.04 Å². The molecule has 1 fully saturated rings. The van der Waals surface area contributed by atoms with Crippen LogP contribution in [0.1, 0.15) is 12.8 Å². The van der Waals surface area contributed by atoms with Gasteiger partial charge in [-0.3, -0.25) is 4.79 Å². The quantitative estimate of drug-likeness (QED) is 0.383. The molecule has 2 atom stereocenters. The van der Waals surface area contributed by atoms with Gasteiger partial charge in [0.15, 0.2) is 0 Å². The number of nitrogens with one attached hydrogen (secondary N) is 3. The van der Waals surface area contributed by atoms with Gasteiger partial charge in [-0.15, -0.1) is 0 Å². The molecule has 0 aromatic heterocycles. The molecule has 5 N–H and O–H groups in total. The molecule has 0 bridgehead atoms. The van der Waals surface area contributed by atoms with E-state index in [1.54, 1.807) is 0 Å². The molecular weight excluding hydrogens is 230 g/mol. The van der Waals surface area contributed by atoms with Gasteiger partial charge in [0.2, 0.25) is 5.91 Å². The molecule has 0 spiro atoms. The Bertz CT molecular complexity index is 320. The van der Waals surface area contributed by atoms with E-state index in [0.717, 1.165) is 0 Å². The maximum atomic E-state index is 11.4. The normalized spacial score (nSPS) is 20.5. The zero-order valence-electron chi connectivity index (χ0n) is 9.10. The van der Waals surface area contributed by atoms with Crippen molar-refractivity contribution in [2.75, 3.05) is 13.2 Å². The number of carbonyl (C=O) groups excluding carboxylic acids is 2. The highest BCUT2D eigenvalue weighted by molar-refractivity contribution is 5.84. The number of hydrogen-bond acceptors (Lipinski definition) is 4. The molecule has 8 nitrogen and oxygen atoms in total. The number of aliphatic hydroxyl groups excluding tert-OH is 1. The van der Waals surface area contributed by atoms with Gasteiger partial charge in [-0.2, -0.15) is 0 Å². The maximum absolute atomic E-state index is 11.4. The fourth-order valence-corrected chi connectivity index (χ4v) is 1.48. The smallest absolute Gasteiger partial charge is 0.326 e. The molecule has 0 aliphatic carbocycles. The number of carboxylic acids is 1. The summed E-state index contributed by atoms with van der Waals surface area (Å²) in [6.07, 6.45) is 0.121. The molecule has 1 unspecified atom stereocenters. The predicted molar refractivity (Wildman–Crippen MR) is 56.2 cm³/mol. The van der Waals surface area contributed by atoms with Crippen LogP contribution in [-0.4, -0.2) is 53.4 Å². The van der Waals surface area contributed by atoms with Gasteiger partial charge in [0.05, 0.1) is 6.04 Å². The second-order valence-corrected chi connectivity index (χ2v) is 3.73. The third-order valence-electron chi connectivity index (χ3n) is 2.33. The largest absolute Gasteiger partial charge is 0.480 e. The van der Waals surface area contributed by atoms with Crippen LogP contribution in [-0.2, 0) is 9.59 Å². The first-order valence-electron chi connectivity index (χ1n) is 5.20. The molecule has 96 valence electrons. The van der Waals surface area contributed by atoms with Gasteiger partial charge < -0.3 is 26.2 Å². The summed E-state index contributed by atoms with van der Waals surface area (Å²) >= 11 is 0. The number of rotatable bonds is 5. The first-order valence-corrected chi connectivity index (χ1v) is 5.20. The van der Waals surface area contributed by atoms with E-state index in [1.807, 2.05) is 0 Å². The van der Waals surface area contributed by atoms with Crippen molar-refractivity contribution in [1.82, 2.24) is 16.0 Å². The lowest BCUT2D eigenvalue weighted by molar-refractivity contribution is -0.139. The Kier molecular flexibility index (Phi) is 4.70. The third-order valence-corrected chi connectivity index (χ3v) is 2.33. The van der Waals surface area contributed by atoms with E-state index in [1.165, 1.54) is 0 Å². The minimum atomic E-state index is -1.21. The lowest BCUT2D eigenvalue weighted by Gasteiger charge is -2.16. The molecule has 1 rings (SSSR count). The monoisotopic (exact) mass is 245 g/mol. The van der Waals surface area contributed by atoms with Crippen LogP contribution in [0.5, 0.6) is 0 Å². The van der Waals surface area contributed by atoms with E-state index in [4.69, 9.17) is 10.2 Å². The van der Waals surface area contributed by atoms with Gasteiger partial charge in [0.25, 0.3) is 0 Å². The number of amides is 3. The zero-order chi connectivity index (χ0) is 12.8. The number of aliphatic hydroxyl groups is 1. The van der Waals surface area contributed by atoms with E-state index in [-0.39, 0.29) is 31.4 Å². The van der Waals surface area contributed by atoms with Crippen molar-refractivity contribution in [3.63, 3.8) is 0 Å². The van der Waals surface area contributed by atoms with E-state index in [9.17, 15) is 14.4 Å². The molecule has 0 radical (unpaired) electrons. The molecule has 0 saturated carbocycles. The summed E-state index contributed by atoms with van der Waals surface area (Å²) < 4.78 is 0. The Balaban J connectivity index is 2.36. The highest BCUT2D eigenvalue weighted by Gasteiger charge is 2.25. The van der Waals surface area contributed by atoms with Crippen LogP contribution >= 0.6 is 0 Å². The van der Waals surface area contributed by atoms with Crippen LogP contribution in [0, 0.1) is 0 Å². The molecule has 1 aliphatic heterocycles. The van der Waals surface area contributed by atoms with Crippen LogP contribution in [0.4, 0.5) is 4.79 Å². The Hall–Kier alpha value is -1.83. The van der Waals surface area contributed by atoms with E-state index in [0.29, 0.717) is 6.54 Å². The predicted octanol–water partition coefficient (Wildman–Crippen LogP) is -1.99. The molecule has 0 aromatic carbocycles. The minimum Gasteiger partial charge on any atom is -0.480 e.